The molecule has 3 aliphatic rings. The van der Waals surface area contributed by atoms with Crippen LogP contribution in [0.4, 0.5) is 0 Å². The van der Waals surface area contributed by atoms with Crippen molar-refractivity contribution in [1.82, 2.24) is 10.2 Å². The van der Waals surface area contributed by atoms with E-state index in [1.165, 1.54) is 30.6 Å². The Balaban J connectivity index is 1.46. The summed E-state index contributed by atoms with van der Waals surface area (Å²) in [6.45, 7) is 4.54. The number of hydrogen-bond acceptors (Lipinski definition) is 2. The van der Waals surface area contributed by atoms with Crippen molar-refractivity contribution in [3.63, 3.8) is 0 Å². The Kier molecular flexibility index (Phi) is 3.96. The van der Waals surface area contributed by atoms with Gasteiger partial charge in [-0.3, -0.25) is 4.90 Å². The Bertz CT molecular complexity index is 540. The van der Waals surface area contributed by atoms with Gasteiger partial charge in [-0.1, -0.05) is 60.7 Å². The van der Waals surface area contributed by atoms with Crippen molar-refractivity contribution in [2.24, 2.45) is 11.8 Å². The van der Waals surface area contributed by atoms with Gasteiger partial charge in [-0.15, -0.1) is 0 Å². The van der Waals surface area contributed by atoms with Crippen molar-refractivity contribution in [2.45, 2.75) is 25.6 Å². The minimum absolute atomic E-state index is 0.777. The van der Waals surface area contributed by atoms with E-state index in [1.54, 1.807) is 0 Å². The molecule has 1 aliphatic carbocycles. The van der Waals surface area contributed by atoms with Gasteiger partial charge in [-0.25, -0.2) is 0 Å². The number of fused-ring (bicyclic) bond motifs is 1. The first-order valence-corrected chi connectivity index (χ1v) is 8.42. The van der Waals surface area contributed by atoms with Crippen molar-refractivity contribution in [3.05, 3.63) is 71.8 Å². The molecule has 3 unspecified atom stereocenters. The molecule has 5 rings (SSSR count). The highest BCUT2D eigenvalue weighted by atomic mass is 15.1. The van der Waals surface area contributed by atoms with Gasteiger partial charge in [-0.05, 0) is 35.9 Å². The van der Waals surface area contributed by atoms with Crippen LogP contribution in [0.5, 0.6) is 0 Å². The predicted octanol–water partition coefficient (Wildman–Crippen LogP) is 3.30. The van der Waals surface area contributed by atoms with Crippen LogP contribution in [0.25, 0.3) is 0 Å². The summed E-state index contributed by atoms with van der Waals surface area (Å²) in [5, 5.41) is 3.65. The van der Waals surface area contributed by atoms with Crippen LogP contribution >= 0.6 is 0 Å². The fourth-order valence-electron chi connectivity index (χ4n) is 4.02. The van der Waals surface area contributed by atoms with Gasteiger partial charge >= 0.3 is 0 Å². The van der Waals surface area contributed by atoms with Crippen molar-refractivity contribution < 1.29 is 0 Å². The summed E-state index contributed by atoms with van der Waals surface area (Å²) in [5.41, 5.74) is 2.83. The standard InChI is InChI=1S/C20H24N2/c1-3-7-16(8-4-1)13-22(14-17-9-5-2-6-10-17)15-19-18-11-20(19)21-12-18/h1-10,18-21H,11-15H2. The van der Waals surface area contributed by atoms with Crippen molar-refractivity contribution in [3.8, 4) is 0 Å². The average Bonchev–Trinajstić information content (AvgIpc) is 3.18. The van der Waals surface area contributed by atoms with E-state index in [0.29, 0.717) is 0 Å². The van der Waals surface area contributed by atoms with Gasteiger partial charge in [0, 0.05) is 25.7 Å². The van der Waals surface area contributed by atoms with E-state index in [1.807, 2.05) is 0 Å². The first kappa shape index (κ1) is 14.0. The maximum absolute atomic E-state index is 3.65. The average molecular weight is 292 g/mol. The molecule has 2 saturated heterocycles. The zero-order valence-corrected chi connectivity index (χ0v) is 13.0. The van der Waals surface area contributed by atoms with E-state index >= 15 is 0 Å². The largest absolute Gasteiger partial charge is 0.313 e. The van der Waals surface area contributed by atoms with E-state index in [4.69, 9.17) is 0 Å². The maximum atomic E-state index is 3.65. The van der Waals surface area contributed by atoms with Crippen molar-refractivity contribution in [1.29, 1.82) is 0 Å². The van der Waals surface area contributed by atoms with Gasteiger partial charge < -0.3 is 5.32 Å². The molecule has 0 amide bonds. The molecule has 2 aromatic rings. The molecule has 2 nitrogen and oxygen atoms in total. The first-order chi connectivity index (χ1) is 10.9. The molecule has 1 N–H and O–H groups in total. The van der Waals surface area contributed by atoms with Crippen LogP contribution in [-0.4, -0.2) is 24.0 Å². The highest BCUT2D eigenvalue weighted by Gasteiger charge is 2.46. The van der Waals surface area contributed by atoms with E-state index in [0.717, 1.165) is 31.0 Å². The van der Waals surface area contributed by atoms with Crippen LogP contribution in [-0.2, 0) is 13.1 Å². The lowest BCUT2D eigenvalue weighted by molar-refractivity contribution is 0.122. The van der Waals surface area contributed by atoms with Crippen LogP contribution in [0.2, 0.25) is 0 Å². The fraction of sp³-hybridized carbons (Fsp3) is 0.400. The molecule has 0 aromatic heterocycles. The molecule has 2 aliphatic heterocycles. The number of rotatable bonds is 6. The zero-order valence-electron chi connectivity index (χ0n) is 13.0. The third-order valence-electron chi connectivity index (χ3n) is 5.29. The molecular formula is C20H24N2. The molecular weight excluding hydrogens is 268 g/mol. The first-order valence-electron chi connectivity index (χ1n) is 8.42. The summed E-state index contributed by atoms with van der Waals surface area (Å²) in [5.74, 6) is 1.77. The van der Waals surface area contributed by atoms with E-state index in [2.05, 4.69) is 70.9 Å². The molecule has 2 heterocycles. The third kappa shape index (κ3) is 2.94. The smallest absolute Gasteiger partial charge is 0.0237 e. The Morgan fingerprint density at radius 2 is 1.45 bits per heavy atom. The molecule has 1 saturated carbocycles. The molecule has 0 radical (unpaired) electrons. The minimum Gasteiger partial charge on any atom is -0.313 e. The summed E-state index contributed by atoms with van der Waals surface area (Å²) in [6.07, 6.45) is 1.40. The molecule has 2 aromatic carbocycles. The summed E-state index contributed by atoms with van der Waals surface area (Å²) in [4.78, 5) is 2.63. The Morgan fingerprint density at radius 1 is 0.864 bits per heavy atom. The number of benzene rings is 2. The Morgan fingerprint density at radius 3 is 1.91 bits per heavy atom. The fourth-order valence-corrected chi connectivity index (χ4v) is 4.02. The highest BCUT2D eigenvalue weighted by Crippen LogP contribution is 2.40. The van der Waals surface area contributed by atoms with E-state index in [-0.39, 0.29) is 0 Å². The van der Waals surface area contributed by atoms with Gasteiger partial charge in [0.25, 0.3) is 0 Å². The second-order valence-electron chi connectivity index (χ2n) is 6.82. The maximum Gasteiger partial charge on any atom is 0.0237 e. The summed E-state index contributed by atoms with van der Waals surface area (Å²) in [7, 11) is 0. The quantitative estimate of drug-likeness (QED) is 0.879. The monoisotopic (exact) mass is 292 g/mol. The topological polar surface area (TPSA) is 15.3 Å². The SMILES string of the molecule is c1ccc(CN(Cc2ccccc2)CC2C3CNC2C3)cc1. The van der Waals surface area contributed by atoms with Gasteiger partial charge in [0.2, 0.25) is 0 Å². The number of hydrogen-bond donors (Lipinski definition) is 1. The van der Waals surface area contributed by atoms with Crippen molar-refractivity contribution in [2.75, 3.05) is 13.1 Å². The summed E-state index contributed by atoms with van der Waals surface area (Å²) >= 11 is 0. The number of nitrogens with zero attached hydrogens (tertiary/aromatic N) is 1. The van der Waals surface area contributed by atoms with Gasteiger partial charge in [0.15, 0.2) is 0 Å². The summed E-state index contributed by atoms with van der Waals surface area (Å²) < 4.78 is 0. The summed E-state index contributed by atoms with van der Waals surface area (Å²) in [6, 6.07) is 22.5. The molecule has 2 bridgehead atoms. The predicted molar refractivity (Wildman–Crippen MR) is 90.4 cm³/mol. The lowest BCUT2D eigenvalue weighted by Crippen LogP contribution is -2.44. The van der Waals surface area contributed by atoms with Crippen LogP contribution in [0.3, 0.4) is 0 Å². The van der Waals surface area contributed by atoms with E-state index in [9.17, 15) is 0 Å². The number of nitrogens with one attached hydrogen (secondary N) is 1. The molecule has 0 spiro atoms. The normalized spacial score (nSPS) is 26.1. The molecule has 3 fully saturated rings. The van der Waals surface area contributed by atoms with Crippen LogP contribution in [0, 0.1) is 11.8 Å². The second-order valence-corrected chi connectivity index (χ2v) is 6.82. The molecule has 3 atom stereocenters. The van der Waals surface area contributed by atoms with E-state index < -0.39 is 0 Å². The Labute approximate surface area is 133 Å². The van der Waals surface area contributed by atoms with Gasteiger partial charge in [0.1, 0.15) is 0 Å². The Hall–Kier alpha value is -1.64. The minimum atomic E-state index is 0.777. The van der Waals surface area contributed by atoms with Crippen LogP contribution in [0.15, 0.2) is 60.7 Å². The molecule has 114 valence electrons. The van der Waals surface area contributed by atoms with Gasteiger partial charge in [-0.2, -0.15) is 0 Å². The van der Waals surface area contributed by atoms with Crippen LogP contribution in [0.1, 0.15) is 17.5 Å². The third-order valence-corrected chi connectivity index (χ3v) is 5.29. The molecule has 22 heavy (non-hydrogen) atoms. The zero-order chi connectivity index (χ0) is 14.8. The van der Waals surface area contributed by atoms with Crippen LogP contribution < -0.4 is 5.32 Å². The van der Waals surface area contributed by atoms with Crippen molar-refractivity contribution >= 4 is 0 Å². The molecule has 2 heteroatoms. The lowest BCUT2D eigenvalue weighted by atomic mass is 9.73. The highest BCUT2D eigenvalue weighted by molar-refractivity contribution is 5.17. The second kappa shape index (κ2) is 6.23. The van der Waals surface area contributed by atoms with Gasteiger partial charge in [0.05, 0.1) is 0 Å². The lowest BCUT2D eigenvalue weighted by Gasteiger charge is -2.38.